The van der Waals surface area contributed by atoms with Crippen LogP contribution >= 0.6 is 15.9 Å². The zero-order chi connectivity index (χ0) is 14.0. The van der Waals surface area contributed by atoms with Gasteiger partial charge in [-0.25, -0.2) is 0 Å². The first-order chi connectivity index (χ1) is 8.23. The molecule has 1 aliphatic heterocycles. The van der Waals surface area contributed by atoms with Gasteiger partial charge in [0.1, 0.15) is 0 Å². The van der Waals surface area contributed by atoms with Gasteiger partial charge in [-0.15, -0.1) is 0 Å². The van der Waals surface area contributed by atoms with Crippen LogP contribution in [0.15, 0.2) is 0 Å². The summed E-state index contributed by atoms with van der Waals surface area (Å²) in [5, 5.41) is 0.830. The van der Waals surface area contributed by atoms with Crippen molar-refractivity contribution in [3.8, 4) is 0 Å². The largest absolute Gasteiger partial charge is 0.282 e. The second-order valence-electron chi connectivity index (χ2n) is 5.98. The third-order valence-corrected chi connectivity index (χ3v) is 6.34. The smallest absolute Gasteiger partial charge is 0.195 e. The van der Waals surface area contributed by atoms with Crippen molar-refractivity contribution in [2.75, 3.05) is 31.5 Å². The lowest BCUT2D eigenvalue weighted by Gasteiger charge is -2.32. The van der Waals surface area contributed by atoms with Gasteiger partial charge in [-0.1, -0.05) is 43.6 Å². The molecule has 108 valence electrons. The summed E-state index contributed by atoms with van der Waals surface area (Å²) in [4.78, 5) is 0. The van der Waals surface area contributed by atoms with Crippen LogP contribution in [0.1, 0.15) is 34.1 Å². The summed E-state index contributed by atoms with van der Waals surface area (Å²) >= 11 is 3.51. The van der Waals surface area contributed by atoms with E-state index in [2.05, 4.69) is 36.7 Å². The third kappa shape index (κ3) is 3.68. The molecular weight excluding hydrogens is 316 g/mol. The van der Waals surface area contributed by atoms with Crippen LogP contribution in [0.3, 0.4) is 0 Å². The first kappa shape index (κ1) is 16.4. The molecule has 0 amide bonds. The van der Waals surface area contributed by atoms with Crippen LogP contribution < -0.4 is 0 Å². The van der Waals surface area contributed by atoms with Gasteiger partial charge in [0.15, 0.2) is 0 Å². The Morgan fingerprint density at radius 1 is 1.22 bits per heavy atom. The van der Waals surface area contributed by atoms with Gasteiger partial charge < -0.3 is 0 Å². The van der Waals surface area contributed by atoms with Gasteiger partial charge in [0, 0.05) is 31.5 Å². The van der Waals surface area contributed by atoms with Gasteiger partial charge in [-0.2, -0.15) is 17.0 Å². The molecule has 1 saturated heterocycles. The van der Waals surface area contributed by atoms with Crippen LogP contribution in [0.5, 0.6) is 0 Å². The Hall–Kier alpha value is 0.350. The minimum absolute atomic E-state index is 0.108. The highest BCUT2D eigenvalue weighted by Crippen LogP contribution is 2.30. The molecule has 0 aromatic rings. The number of nitrogens with zero attached hydrogens (tertiary/aromatic N) is 2. The maximum atomic E-state index is 12.3. The van der Waals surface area contributed by atoms with E-state index in [4.69, 9.17) is 0 Å². The number of hydrogen-bond acceptors (Lipinski definition) is 2. The number of halogens is 1. The second-order valence-corrected chi connectivity index (χ2v) is 8.56. The Labute approximate surface area is 120 Å². The van der Waals surface area contributed by atoms with Crippen molar-refractivity contribution in [2.24, 2.45) is 11.3 Å². The van der Waals surface area contributed by atoms with Crippen molar-refractivity contribution in [1.82, 2.24) is 8.61 Å². The summed E-state index contributed by atoms with van der Waals surface area (Å²) in [5.74, 6) is 0.328. The highest BCUT2D eigenvalue weighted by Gasteiger charge is 2.38. The zero-order valence-electron chi connectivity index (χ0n) is 11.8. The molecule has 0 aromatic carbocycles. The lowest BCUT2D eigenvalue weighted by Crippen LogP contribution is -2.40. The molecule has 0 aromatic heterocycles. The fourth-order valence-electron chi connectivity index (χ4n) is 2.08. The van der Waals surface area contributed by atoms with Gasteiger partial charge in [0.25, 0.3) is 10.2 Å². The van der Waals surface area contributed by atoms with Gasteiger partial charge in [0.05, 0.1) is 0 Å². The Kier molecular flexibility index (Phi) is 5.65. The maximum absolute atomic E-state index is 12.3. The van der Waals surface area contributed by atoms with E-state index in [1.807, 2.05) is 6.92 Å². The normalized spacial score (nSPS) is 23.4. The Morgan fingerprint density at radius 3 is 2.22 bits per heavy atom. The van der Waals surface area contributed by atoms with Crippen LogP contribution in [-0.4, -0.2) is 48.5 Å². The highest BCUT2D eigenvalue weighted by atomic mass is 79.9. The third-order valence-electron chi connectivity index (χ3n) is 3.56. The lowest BCUT2D eigenvalue weighted by molar-refractivity contribution is 0.226. The van der Waals surface area contributed by atoms with Crippen molar-refractivity contribution < 1.29 is 8.42 Å². The quantitative estimate of drug-likeness (QED) is 0.720. The Morgan fingerprint density at radius 2 is 1.78 bits per heavy atom. The van der Waals surface area contributed by atoms with Gasteiger partial charge in [0.2, 0.25) is 0 Å². The standard InChI is InChI=1S/C12H25BrN2O2S/c1-5-6-14-7-8-15(18(14,16)17)10-11(9-13)12(2,3)4/h11H,5-10H2,1-4H3. The molecule has 1 atom stereocenters. The molecule has 1 rings (SSSR count). The minimum atomic E-state index is -3.21. The summed E-state index contributed by atoms with van der Waals surface area (Å²) in [6, 6.07) is 0. The van der Waals surface area contributed by atoms with Crippen LogP contribution in [0, 0.1) is 11.3 Å². The predicted molar refractivity (Wildman–Crippen MR) is 79.1 cm³/mol. The fourth-order valence-corrected chi connectivity index (χ4v) is 4.99. The van der Waals surface area contributed by atoms with E-state index >= 15 is 0 Å². The zero-order valence-corrected chi connectivity index (χ0v) is 14.2. The Bertz CT molecular complexity index is 365. The molecule has 0 bridgehead atoms. The summed E-state index contributed by atoms with van der Waals surface area (Å²) < 4.78 is 27.8. The first-order valence-electron chi connectivity index (χ1n) is 6.54. The van der Waals surface area contributed by atoms with Gasteiger partial charge >= 0.3 is 0 Å². The summed E-state index contributed by atoms with van der Waals surface area (Å²) in [6.45, 7) is 11.0. The average molecular weight is 341 g/mol. The molecule has 4 nitrogen and oxygen atoms in total. The summed E-state index contributed by atoms with van der Waals surface area (Å²) in [7, 11) is -3.21. The van der Waals surface area contributed by atoms with E-state index in [1.165, 1.54) is 0 Å². The molecule has 1 aliphatic rings. The maximum Gasteiger partial charge on any atom is 0.282 e. The van der Waals surface area contributed by atoms with Gasteiger partial charge in [-0.3, -0.25) is 0 Å². The molecule has 0 saturated carbocycles. The molecule has 0 radical (unpaired) electrons. The molecule has 0 spiro atoms. The molecular formula is C12H25BrN2O2S. The summed E-state index contributed by atoms with van der Waals surface area (Å²) in [5.41, 5.74) is 0.108. The van der Waals surface area contributed by atoms with Crippen LogP contribution in [0.4, 0.5) is 0 Å². The molecule has 0 N–H and O–H groups in total. The van der Waals surface area contributed by atoms with E-state index < -0.39 is 10.2 Å². The van der Waals surface area contributed by atoms with E-state index in [0.29, 0.717) is 32.1 Å². The molecule has 18 heavy (non-hydrogen) atoms. The van der Waals surface area contributed by atoms with Crippen molar-refractivity contribution in [3.63, 3.8) is 0 Å². The minimum Gasteiger partial charge on any atom is -0.195 e. The van der Waals surface area contributed by atoms with E-state index in [1.54, 1.807) is 8.61 Å². The molecule has 1 fully saturated rings. The van der Waals surface area contributed by atoms with Crippen molar-refractivity contribution in [3.05, 3.63) is 0 Å². The number of hydrogen-bond donors (Lipinski definition) is 0. The van der Waals surface area contributed by atoms with Crippen molar-refractivity contribution in [1.29, 1.82) is 0 Å². The number of alkyl halides is 1. The van der Waals surface area contributed by atoms with Crippen LogP contribution in [-0.2, 0) is 10.2 Å². The van der Waals surface area contributed by atoms with E-state index in [9.17, 15) is 8.42 Å². The van der Waals surface area contributed by atoms with Crippen molar-refractivity contribution >= 4 is 26.1 Å². The first-order valence-corrected chi connectivity index (χ1v) is 9.06. The monoisotopic (exact) mass is 340 g/mol. The number of rotatable bonds is 5. The van der Waals surface area contributed by atoms with E-state index in [-0.39, 0.29) is 5.41 Å². The summed E-state index contributed by atoms with van der Waals surface area (Å²) in [6.07, 6.45) is 0.869. The lowest BCUT2D eigenvalue weighted by atomic mass is 9.82. The molecule has 1 heterocycles. The SMILES string of the molecule is CCCN1CCN(CC(CBr)C(C)(C)C)S1(=O)=O. The topological polar surface area (TPSA) is 40.6 Å². The van der Waals surface area contributed by atoms with Crippen LogP contribution in [0.25, 0.3) is 0 Å². The predicted octanol–water partition coefficient (Wildman–Crippen LogP) is 2.32. The molecule has 6 heteroatoms. The second kappa shape index (κ2) is 6.20. The van der Waals surface area contributed by atoms with Gasteiger partial charge in [-0.05, 0) is 17.8 Å². The average Bonchev–Trinajstić information content (AvgIpc) is 2.50. The molecule has 1 unspecified atom stereocenters. The van der Waals surface area contributed by atoms with E-state index in [0.717, 1.165) is 11.8 Å². The van der Waals surface area contributed by atoms with Crippen LogP contribution in [0.2, 0.25) is 0 Å². The highest BCUT2D eigenvalue weighted by molar-refractivity contribution is 9.09. The van der Waals surface area contributed by atoms with Crippen molar-refractivity contribution in [2.45, 2.75) is 34.1 Å². The fraction of sp³-hybridized carbons (Fsp3) is 1.00. The molecule has 0 aliphatic carbocycles. The Balaban J connectivity index is 2.75.